The Morgan fingerprint density at radius 3 is 2.63 bits per heavy atom. The molecule has 1 aromatic carbocycles. The number of benzene rings is 1. The lowest BCUT2D eigenvalue weighted by molar-refractivity contribution is -0.135. The number of anilines is 1. The Morgan fingerprint density at radius 1 is 1.33 bits per heavy atom. The van der Waals surface area contributed by atoms with Gasteiger partial charge in [0.05, 0.1) is 36.4 Å². The summed E-state index contributed by atoms with van der Waals surface area (Å²) in [6.45, 7) is 2.95. The maximum Gasteiger partial charge on any atom is 0.243 e. The van der Waals surface area contributed by atoms with E-state index in [-0.39, 0.29) is 23.5 Å². The molecule has 0 unspecified atom stereocenters. The number of carbonyl (C=O) groups excluding carboxylic acids is 1. The predicted molar refractivity (Wildman–Crippen MR) is 104 cm³/mol. The zero-order chi connectivity index (χ0) is 19.6. The fourth-order valence-electron chi connectivity index (χ4n) is 3.23. The van der Waals surface area contributed by atoms with Crippen LogP contribution in [0.4, 0.5) is 5.69 Å². The first-order valence-electron chi connectivity index (χ1n) is 8.83. The van der Waals surface area contributed by atoms with Crippen LogP contribution >= 0.6 is 15.9 Å². The van der Waals surface area contributed by atoms with Gasteiger partial charge in [0.25, 0.3) is 0 Å². The van der Waals surface area contributed by atoms with E-state index in [1.807, 2.05) is 4.90 Å². The average Bonchev–Trinajstić information content (AvgIpc) is 3.08. The van der Waals surface area contributed by atoms with E-state index in [2.05, 4.69) is 15.9 Å². The molecular formula is C17H24BrN3O5S. The summed E-state index contributed by atoms with van der Waals surface area (Å²) in [6, 6.07) is 4.81. The summed E-state index contributed by atoms with van der Waals surface area (Å²) in [5.41, 5.74) is 0.845. The van der Waals surface area contributed by atoms with Crippen LogP contribution in [0.15, 0.2) is 27.6 Å². The lowest BCUT2D eigenvalue weighted by atomic mass is 10.3. The van der Waals surface area contributed by atoms with Crippen LogP contribution in [0.25, 0.3) is 0 Å². The second-order valence-corrected chi connectivity index (χ2v) is 9.66. The Morgan fingerprint density at radius 2 is 2.04 bits per heavy atom. The van der Waals surface area contributed by atoms with Crippen molar-refractivity contribution in [3.05, 3.63) is 22.7 Å². The molecule has 27 heavy (non-hydrogen) atoms. The van der Waals surface area contributed by atoms with Crippen LogP contribution in [0.1, 0.15) is 6.42 Å². The van der Waals surface area contributed by atoms with Crippen molar-refractivity contribution in [2.75, 3.05) is 57.9 Å². The zero-order valence-electron chi connectivity index (χ0n) is 15.2. The molecule has 3 rings (SSSR count). The van der Waals surface area contributed by atoms with Crippen molar-refractivity contribution in [3.8, 4) is 0 Å². The number of ether oxygens (including phenoxy) is 1. The quantitative estimate of drug-likeness (QED) is 0.686. The molecule has 1 atom stereocenters. The summed E-state index contributed by atoms with van der Waals surface area (Å²) >= 11 is 3.44. The third-order valence-corrected chi connectivity index (χ3v) is 7.29. The highest BCUT2D eigenvalue weighted by molar-refractivity contribution is 9.10. The van der Waals surface area contributed by atoms with Crippen LogP contribution in [0.3, 0.4) is 0 Å². The topological polar surface area (TPSA) is 90.4 Å². The number of carbonyl (C=O) groups is 1. The summed E-state index contributed by atoms with van der Waals surface area (Å²) in [4.78, 5) is 16.1. The molecule has 150 valence electrons. The van der Waals surface area contributed by atoms with Crippen LogP contribution in [0.2, 0.25) is 0 Å². The maximum atomic E-state index is 12.8. The van der Waals surface area contributed by atoms with Crippen LogP contribution in [0, 0.1) is 0 Å². The molecule has 0 aliphatic carbocycles. The van der Waals surface area contributed by atoms with Gasteiger partial charge in [0.15, 0.2) is 0 Å². The van der Waals surface area contributed by atoms with Gasteiger partial charge in [0.2, 0.25) is 15.9 Å². The minimum Gasteiger partial charge on any atom is -0.391 e. The fraction of sp³-hybridized carbons (Fsp3) is 0.588. The third kappa shape index (κ3) is 4.62. The van der Waals surface area contributed by atoms with E-state index in [9.17, 15) is 18.3 Å². The summed E-state index contributed by atoms with van der Waals surface area (Å²) in [5.74, 6) is -0.230. The maximum absolute atomic E-state index is 12.8. The molecule has 0 saturated carbocycles. The molecule has 2 fully saturated rings. The molecular weight excluding hydrogens is 438 g/mol. The fourth-order valence-corrected chi connectivity index (χ4v) is 5.16. The van der Waals surface area contributed by atoms with Crippen LogP contribution in [-0.2, 0) is 19.6 Å². The van der Waals surface area contributed by atoms with E-state index in [4.69, 9.17) is 4.74 Å². The highest BCUT2D eigenvalue weighted by atomic mass is 79.9. The number of hydrogen-bond donors (Lipinski definition) is 1. The minimum absolute atomic E-state index is 0.121. The SMILES string of the molecule is CN(CC(=O)N1CCOCC1)S(=O)(=O)c1ccc(N2CC[C@@H](O)C2)c(Br)c1. The number of hydrogen-bond acceptors (Lipinski definition) is 6. The molecule has 0 bridgehead atoms. The van der Waals surface area contributed by atoms with Crippen molar-refractivity contribution in [3.63, 3.8) is 0 Å². The van der Waals surface area contributed by atoms with Gasteiger partial charge in [0.1, 0.15) is 0 Å². The molecule has 1 amide bonds. The average molecular weight is 462 g/mol. The van der Waals surface area contributed by atoms with E-state index < -0.39 is 10.0 Å². The molecule has 2 saturated heterocycles. The van der Waals surface area contributed by atoms with Crippen molar-refractivity contribution in [1.82, 2.24) is 9.21 Å². The Balaban J connectivity index is 1.71. The van der Waals surface area contributed by atoms with Crippen molar-refractivity contribution < 1.29 is 23.1 Å². The van der Waals surface area contributed by atoms with Gasteiger partial charge in [-0.15, -0.1) is 0 Å². The summed E-state index contributed by atoms with van der Waals surface area (Å²) in [7, 11) is -2.38. The Hall–Kier alpha value is -1.20. The van der Waals surface area contributed by atoms with Crippen LogP contribution in [-0.4, -0.2) is 87.7 Å². The van der Waals surface area contributed by atoms with Gasteiger partial charge < -0.3 is 19.6 Å². The first-order valence-corrected chi connectivity index (χ1v) is 11.1. The van der Waals surface area contributed by atoms with Gasteiger partial charge in [-0.05, 0) is 40.5 Å². The molecule has 0 aromatic heterocycles. The molecule has 1 N–H and O–H groups in total. The number of halogens is 1. The first kappa shape index (κ1) is 20.5. The van der Waals surface area contributed by atoms with E-state index >= 15 is 0 Å². The van der Waals surface area contributed by atoms with E-state index in [1.54, 1.807) is 17.0 Å². The van der Waals surface area contributed by atoms with Crippen molar-refractivity contribution in [2.24, 2.45) is 0 Å². The van der Waals surface area contributed by atoms with Crippen molar-refractivity contribution in [2.45, 2.75) is 17.4 Å². The van der Waals surface area contributed by atoms with E-state index in [0.29, 0.717) is 43.7 Å². The molecule has 2 heterocycles. The summed E-state index contributed by atoms with van der Waals surface area (Å²) in [6.07, 6.45) is 0.330. The molecule has 0 spiro atoms. The number of sulfonamides is 1. The van der Waals surface area contributed by atoms with Crippen LogP contribution in [0.5, 0.6) is 0 Å². The number of aliphatic hydroxyl groups excluding tert-OH is 1. The van der Waals surface area contributed by atoms with Gasteiger partial charge in [-0.2, -0.15) is 4.31 Å². The number of β-amino-alcohol motifs (C(OH)–C–C–N with tert-alkyl or cyclic N) is 1. The summed E-state index contributed by atoms with van der Waals surface area (Å²) < 4.78 is 32.6. The van der Waals surface area contributed by atoms with Gasteiger partial charge >= 0.3 is 0 Å². The first-order chi connectivity index (χ1) is 12.8. The standard InChI is InChI=1S/C17H24BrN3O5S/c1-19(12-17(23)20-6-8-26-9-7-20)27(24,25)14-2-3-16(15(18)10-14)21-5-4-13(22)11-21/h2-3,10,13,22H,4-9,11-12H2,1H3/t13-/m1/s1. The van der Waals surface area contributed by atoms with E-state index in [0.717, 1.165) is 16.5 Å². The number of morpholine rings is 1. The highest BCUT2D eigenvalue weighted by Gasteiger charge is 2.28. The molecule has 0 radical (unpaired) electrons. The largest absolute Gasteiger partial charge is 0.391 e. The molecule has 1 aromatic rings. The number of rotatable bonds is 5. The summed E-state index contributed by atoms with van der Waals surface area (Å²) in [5, 5.41) is 9.70. The van der Waals surface area contributed by atoms with Gasteiger partial charge in [-0.3, -0.25) is 4.79 Å². The molecule has 2 aliphatic rings. The second kappa shape index (κ2) is 8.44. The van der Waals surface area contributed by atoms with Crippen molar-refractivity contribution >= 4 is 37.5 Å². The number of amides is 1. The Bertz CT molecular complexity index is 798. The predicted octanol–water partition coefficient (Wildman–Crippen LogP) is 0.499. The highest BCUT2D eigenvalue weighted by Crippen LogP contribution is 2.32. The monoisotopic (exact) mass is 461 g/mol. The Labute approximate surface area is 167 Å². The lowest BCUT2D eigenvalue weighted by Gasteiger charge is -2.28. The molecule has 8 nitrogen and oxygen atoms in total. The van der Waals surface area contributed by atoms with E-state index in [1.165, 1.54) is 13.1 Å². The number of likely N-dealkylation sites (N-methyl/N-ethyl adjacent to an activating group) is 1. The third-order valence-electron chi connectivity index (χ3n) is 4.85. The smallest absolute Gasteiger partial charge is 0.243 e. The van der Waals surface area contributed by atoms with Crippen molar-refractivity contribution in [1.29, 1.82) is 0 Å². The molecule has 2 aliphatic heterocycles. The van der Waals surface area contributed by atoms with Gasteiger partial charge in [0, 0.05) is 37.7 Å². The zero-order valence-corrected chi connectivity index (χ0v) is 17.6. The number of nitrogens with zero attached hydrogens (tertiary/aromatic N) is 3. The normalized spacial score (nSPS) is 21.1. The molecule has 10 heteroatoms. The van der Waals surface area contributed by atoms with Crippen LogP contribution < -0.4 is 4.90 Å². The number of aliphatic hydroxyl groups is 1. The second-order valence-electron chi connectivity index (χ2n) is 6.76. The van der Waals surface area contributed by atoms with Gasteiger partial charge in [-0.1, -0.05) is 0 Å². The Kier molecular flexibility index (Phi) is 6.42. The minimum atomic E-state index is -3.79. The lowest BCUT2D eigenvalue weighted by Crippen LogP contribution is -2.46. The van der Waals surface area contributed by atoms with Gasteiger partial charge in [-0.25, -0.2) is 8.42 Å².